The summed E-state index contributed by atoms with van der Waals surface area (Å²) in [5.41, 5.74) is 0.515. The van der Waals surface area contributed by atoms with Crippen LogP contribution in [0, 0.1) is 0 Å². The predicted octanol–water partition coefficient (Wildman–Crippen LogP) is 4.61. The van der Waals surface area contributed by atoms with Gasteiger partial charge in [0.25, 0.3) is 5.92 Å². The van der Waals surface area contributed by atoms with E-state index in [1.165, 1.54) is 43.3 Å². The molecule has 0 radical (unpaired) electrons. The van der Waals surface area contributed by atoms with Gasteiger partial charge in [-0.15, -0.1) is 0 Å². The minimum absolute atomic E-state index is 0.00205. The van der Waals surface area contributed by atoms with Crippen LogP contribution < -0.4 is 0 Å². The largest absolute Gasteiger partial charge is 0.300 e. The van der Waals surface area contributed by atoms with Crippen LogP contribution in [0.25, 0.3) is 0 Å². The van der Waals surface area contributed by atoms with Gasteiger partial charge in [0.2, 0.25) is 0 Å². The molecule has 0 saturated heterocycles. The Morgan fingerprint density at radius 1 is 1.00 bits per heavy atom. The summed E-state index contributed by atoms with van der Waals surface area (Å²) in [6, 6.07) is 11.3. The fourth-order valence-electron chi connectivity index (χ4n) is 1.95. The van der Waals surface area contributed by atoms with Gasteiger partial charge in [0.05, 0.1) is 0 Å². The van der Waals surface area contributed by atoms with E-state index in [1.807, 2.05) is 0 Å². The molecule has 0 fully saturated rings. The van der Waals surface area contributed by atoms with Crippen molar-refractivity contribution < 1.29 is 13.6 Å². The molecule has 2 aromatic rings. The van der Waals surface area contributed by atoms with Gasteiger partial charge in [-0.3, -0.25) is 4.79 Å². The molecule has 0 N–H and O–H groups in total. The van der Waals surface area contributed by atoms with Crippen molar-refractivity contribution in [2.45, 2.75) is 19.3 Å². The molecule has 0 spiro atoms. The standard InChI is InChI=1S/C16H13ClF2O/c1-11(20)10-12-2-4-13(5-3-12)16(18,19)14-6-8-15(17)9-7-14/h2-9H,10H2,1H3. The van der Waals surface area contributed by atoms with E-state index in [-0.39, 0.29) is 23.3 Å². The average molecular weight is 295 g/mol. The third kappa shape index (κ3) is 3.23. The van der Waals surface area contributed by atoms with Gasteiger partial charge < -0.3 is 0 Å². The topological polar surface area (TPSA) is 17.1 Å². The molecule has 20 heavy (non-hydrogen) atoms. The lowest BCUT2D eigenvalue weighted by atomic mass is 9.98. The Kier molecular flexibility index (Phi) is 4.19. The summed E-state index contributed by atoms with van der Waals surface area (Å²) in [7, 11) is 0. The summed E-state index contributed by atoms with van der Waals surface area (Å²) >= 11 is 5.70. The highest BCUT2D eigenvalue weighted by molar-refractivity contribution is 6.30. The highest BCUT2D eigenvalue weighted by atomic mass is 35.5. The van der Waals surface area contributed by atoms with Gasteiger partial charge in [-0.05, 0) is 24.6 Å². The molecule has 0 bridgehead atoms. The summed E-state index contributed by atoms with van der Waals surface area (Å²) in [5.74, 6) is -3.08. The first kappa shape index (κ1) is 14.7. The Morgan fingerprint density at radius 2 is 1.45 bits per heavy atom. The van der Waals surface area contributed by atoms with Gasteiger partial charge in [-0.2, -0.15) is 8.78 Å². The Balaban J connectivity index is 2.29. The molecule has 0 aromatic heterocycles. The van der Waals surface area contributed by atoms with E-state index in [9.17, 15) is 13.6 Å². The molecule has 0 heterocycles. The minimum Gasteiger partial charge on any atom is -0.300 e. The van der Waals surface area contributed by atoms with E-state index in [4.69, 9.17) is 11.6 Å². The fourth-order valence-corrected chi connectivity index (χ4v) is 2.07. The molecular weight excluding hydrogens is 282 g/mol. The van der Waals surface area contributed by atoms with E-state index in [1.54, 1.807) is 12.1 Å². The van der Waals surface area contributed by atoms with Crippen molar-refractivity contribution in [2.75, 3.05) is 0 Å². The van der Waals surface area contributed by atoms with Crippen molar-refractivity contribution in [1.29, 1.82) is 0 Å². The molecule has 0 atom stereocenters. The van der Waals surface area contributed by atoms with Crippen LogP contribution in [0.2, 0.25) is 5.02 Å². The highest BCUT2D eigenvalue weighted by Gasteiger charge is 2.33. The van der Waals surface area contributed by atoms with Gasteiger partial charge in [-0.1, -0.05) is 48.0 Å². The molecule has 1 nitrogen and oxygen atoms in total. The van der Waals surface area contributed by atoms with Crippen molar-refractivity contribution in [2.24, 2.45) is 0 Å². The molecule has 2 aromatic carbocycles. The van der Waals surface area contributed by atoms with Gasteiger partial charge in [0.1, 0.15) is 5.78 Å². The van der Waals surface area contributed by atoms with Crippen LogP contribution in [0.5, 0.6) is 0 Å². The van der Waals surface area contributed by atoms with Crippen LogP contribution in [-0.2, 0) is 17.1 Å². The second-order valence-corrected chi connectivity index (χ2v) is 5.09. The molecule has 0 amide bonds. The van der Waals surface area contributed by atoms with Crippen LogP contribution in [0.15, 0.2) is 48.5 Å². The molecule has 0 aliphatic carbocycles. The van der Waals surface area contributed by atoms with E-state index >= 15 is 0 Å². The van der Waals surface area contributed by atoms with Crippen molar-refractivity contribution >= 4 is 17.4 Å². The minimum atomic E-state index is -3.08. The van der Waals surface area contributed by atoms with Crippen LogP contribution in [0.1, 0.15) is 23.6 Å². The SMILES string of the molecule is CC(=O)Cc1ccc(C(F)(F)c2ccc(Cl)cc2)cc1. The van der Waals surface area contributed by atoms with Gasteiger partial charge in [0, 0.05) is 22.6 Å². The molecular formula is C16H13ClF2O. The third-order valence-corrected chi connectivity index (χ3v) is 3.23. The van der Waals surface area contributed by atoms with Crippen LogP contribution in [0.4, 0.5) is 8.78 Å². The van der Waals surface area contributed by atoms with Crippen molar-refractivity contribution in [1.82, 2.24) is 0 Å². The number of carbonyl (C=O) groups excluding carboxylic acids is 1. The first-order valence-corrected chi connectivity index (χ1v) is 6.50. The maximum absolute atomic E-state index is 14.3. The number of benzene rings is 2. The second kappa shape index (κ2) is 5.71. The first-order chi connectivity index (χ1) is 9.39. The lowest BCUT2D eigenvalue weighted by Crippen LogP contribution is -2.15. The zero-order valence-corrected chi connectivity index (χ0v) is 11.6. The van der Waals surface area contributed by atoms with E-state index < -0.39 is 5.92 Å². The van der Waals surface area contributed by atoms with Gasteiger partial charge in [0.15, 0.2) is 0 Å². The number of ketones is 1. The second-order valence-electron chi connectivity index (χ2n) is 4.66. The van der Waals surface area contributed by atoms with Crippen LogP contribution in [-0.4, -0.2) is 5.78 Å². The van der Waals surface area contributed by atoms with Crippen molar-refractivity contribution in [3.63, 3.8) is 0 Å². The zero-order chi connectivity index (χ0) is 14.8. The lowest BCUT2D eigenvalue weighted by Gasteiger charge is -2.17. The number of rotatable bonds is 4. The normalized spacial score (nSPS) is 11.4. The monoisotopic (exact) mass is 294 g/mol. The van der Waals surface area contributed by atoms with E-state index in [0.717, 1.165) is 5.56 Å². The number of alkyl halides is 2. The maximum atomic E-state index is 14.3. The molecule has 0 saturated carbocycles. The summed E-state index contributed by atoms with van der Waals surface area (Å²) in [6.07, 6.45) is 0.257. The maximum Gasteiger partial charge on any atom is 0.298 e. The summed E-state index contributed by atoms with van der Waals surface area (Å²) in [6.45, 7) is 1.47. The van der Waals surface area contributed by atoms with Crippen LogP contribution >= 0.6 is 11.6 Å². The summed E-state index contributed by atoms with van der Waals surface area (Å²) in [5, 5.41) is 0.418. The number of Topliss-reactive ketones (excluding diaryl/α,β-unsaturated/α-hetero) is 1. The first-order valence-electron chi connectivity index (χ1n) is 6.12. The number of hydrogen-bond donors (Lipinski definition) is 0. The fraction of sp³-hybridized carbons (Fsp3) is 0.188. The number of halogens is 3. The van der Waals surface area contributed by atoms with E-state index in [2.05, 4.69) is 0 Å². The summed E-state index contributed by atoms with van der Waals surface area (Å²) in [4.78, 5) is 11.0. The smallest absolute Gasteiger partial charge is 0.298 e. The van der Waals surface area contributed by atoms with Gasteiger partial charge >= 0.3 is 0 Å². The average Bonchev–Trinajstić information content (AvgIpc) is 2.39. The van der Waals surface area contributed by atoms with E-state index in [0.29, 0.717) is 5.02 Å². The summed E-state index contributed by atoms with van der Waals surface area (Å²) < 4.78 is 28.6. The van der Waals surface area contributed by atoms with Crippen LogP contribution in [0.3, 0.4) is 0 Å². The zero-order valence-electron chi connectivity index (χ0n) is 10.9. The third-order valence-electron chi connectivity index (χ3n) is 2.98. The Morgan fingerprint density at radius 3 is 1.90 bits per heavy atom. The molecule has 0 aliphatic heterocycles. The van der Waals surface area contributed by atoms with Crippen molar-refractivity contribution in [3.8, 4) is 0 Å². The lowest BCUT2D eigenvalue weighted by molar-refractivity contribution is -0.116. The molecule has 2 rings (SSSR count). The predicted molar refractivity (Wildman–Crippen MR) is 75.3 cm³/mol. The number of hydrogen-bond acceptors (Lipinski definition) is 1. The molecule has 0 aliphatic rings. The van der Waals surface area contributed by atoms with Gasteiger partial charge in [-0.25, -0.2) is 0 Å². The Hall–Kier alpha value is -1.74. The molecule has 4 heteroatoms. The molecule has 0 unspecified atom stereocenters. The van der Waals surface area contributed by atoms with Crippen molar-refractivity contribution in [3.05, 3.63) is 70.2 Å². The highest BCUT2D eigenvalue weighted by Crippen LogP contribution is 2.36. The Bertz CT molecular complexity index is 603. The number of carbonyl (C=O) groups is 1. The molecule has 104 valence electrons. The Labute approximate surface area is 121 Å². The quantitative estimate of drug-likeness (QED) is 0.804.